The van der Waals surface area contributed by atoms with Crippen molar-refractivity contribution in [1.29, 1.82) is 0 Å². The minimum Gasteiger partial charge on any atom is -0.359 e. The number of carbonyl (C=O) groups excluding carboxylic acids is 1. The number of amides is 1. The summed E-state index contributed by atoms with van der Waals surface area (Å²) in [6, 6.07) is 0.134. The molecule has 0 saturated carbocycles. The van der Waals surface area contributed by atoms with Gasteiger partial charge in [-0.15, -0.1) is 0 Å². The smallest absolute Gasteiger partial charge is 0.246 e. The lowest BCUT2D eigenvalue weighted by Gasteiger charge is -2.31. The molecule has 0 atom stereocenters. The highest BCUT2D eigenvalue weighted by Crippen LogP contribution is 2.27. The van der Waals surface area contributed by atoms with E-state index in [-0.39, 0.29) is 11.9 Å². The molecule has 0 radical (unpaired) electrons. The highest BCUT2D eigenvalue weighted by Gasteiger charge is 2.26. The molecule has 0 unspecified atom stereocenters. The van der Waals surface area contributed by atoms with Gasteiger partial charge in [0.05, 0.1) is 12.7 Å². The Morgan fingerprint density at radius 2 is 2.36 bits per heavy atom. The zero-order chi connectivity index (χ0) is 10.1. The fourth-order valence-corrected chi connectivity index (χ4v) is 1.58. The molecule has 0 fully saturated rings. The monoisotopic (exact) mass is 192 g/mol. The molecule has 0 aliphatic carbocycles. The first kappa shape index (κ1) is 8.93. The van der Waals surface area contributed by atoms with E-state index in [1.54, 1.807) is 11.1 Å². The lowest BCUT2D eigenvalue weighted by molar-refractivity contribution is -0.117. The van der Waals surface area contributed by atoms with E-state index in [9.17, 15) is 4.79 Å². The predicted octanol–water partition coefficient (Wildman–Crippen LogP) is 0.643. The highest BCUT2D eigenvalue weighted by molar-refractivity contribution is 6.01. The van der Waals surface area contributed by atoms with Crippen molar-refractivity contribution in [3.63, 3.8) is 0 Å². The van der Waals surface area contributed by atoms with Crippen molar-refractivity contribution in [3.8, 4) is 0 Å². The SMILES string of the molecule is CC(C)N1C(=O)CNc2ncncc21. The van der Waals surface area contributed by atoms with Crippen LogP contribution in [0.25, 0.3) is 0 Å². The molecule has 74 valence electrons. The number of fused-ring (bicyclic) bond motifs is 1. The summed E-state index contributed by atoms with van der Waals surface area (Å²) in [5, 5.41) is 2.95. The Labute approximate surface area is 82.2 Å². The van der Waals surface area contributed by atoms with Gasteiger partial charge < -0.3 is 10.2 Å². The van der Waals surface area contributed by atoms with E-state index >= 15 is 0 Å². The van der Waals surface area contributed by atoms with Crippen molar-refractivity contribution in [3.05, 3.63) is 12.5 Å². The number of rotatable bonds is 1. The maximum absolute atomic E-state index is 11.6. The molecule has 5 nitrogen and oxygen atoms in total. The van der Waals surface area contributed by atoms with Crippen LogP contribution in [0, 0.1) is 0 Å². The third kappa shape index (κ3) is 1.30. The van der Waals surface area contributed by atoms with Crippen molar-refractivity contribution in [1.82, 2.24) is 9.97 Å². The molecule has 2 rings (SSSR count). The molecule has 0 aromatic carbocycles. The van der Waals surface area contributed by atoms with Gasteiger partial charge in [0.15, 0.2) is 5.82 Å². The summed E-state index contributed by atoms with van der Waals surface area (Å²) in [7, 11) is 0. The van der Waals surface area contributed by atoms with Gasteiger partial charge in [0.25, 0.3) is 0 Å². The molecule has 0 saturated heterocycles. The van der Waals surface area contributed by atoms with Crippen LogP contribution in [0.5, 0.6) is 0 Å². The Balaban J connectivity index is 2.46. The zero-order valence-corrected chi connectivity index (χ0v) is 8.19. The van der Waals surface area contributed by atoms with Gasteiger partial charge >= 0.3 is 0 Å². The fraction of sp³-hybridized carbons (Fsp3) is 0.444. The number of hydrogen-bond acceptors (Lipinski definition) is 4. The maximum Gasteiger partial charge on any atom is 0.246 e. The molecule has 0 spiro atoms. The molecule has 1 aliphatic heterocycles. The Hall–Kier alpha value is -1.65. The van der Waals surface area contributed by atoms with Gasteiger partial charge in [-0.05, 0) is 13.8 Å². The lowest BCUT2D eigenvalue weighted by atomic mass is 10.2. The minimum atomic E-state index is 0.0577. The van der Waals surface area contributed by atoms with Crippen LogP contribution in [-0.2, 0) is 4.79 Å². The summed E-state index contributed by atoms with van der Waals surface area (Å²) in [5.41, 5.74) is 0.763. The molecule has 1 N–H and O–H groups in total. The number of carbonyl (C=O) groups is 1. The molecular weight excluding hydrogens is 180 g/mol. The molecular formula is C9H12N4O. The van der Waals surface area contributed by atoms with E-state index in [1.165, 1.54) is 6.33 Å². The van der Waals surface area contributed by atoms with Crippen molar-refractivity contribution < 1.29 is 4.79 Å². The molecule has 1 aromatic heterocycles. The molecule has 2 heterocycles. The standard InChI is InChI=1S/C9H12N4O/c1-6(2)13-7-3-10-5-12-9(7)11-4-8(13)14/h3,5-6H,4H2,1-2H3,(H,10,11,12). The second-order valence-electron chi connectivity index (χ2n) is 3.47. The van der Waals surface area contributed by atoms with E-state index < -0.39 is 0 Å². The van der Waals surface area contributed by atoms with Crippen molar-refractivity contribution in [2.24, 2.45) is 0 Å². The van der Waals surface area contributed by atoms with Gasteiger partial charge in [0.2, 0.25) is 5.91 Å². The van der Waals surface area contributed by atoms with Crippen LogP contribution in [-0.4, -0.2) is 28.5 Å². The van der Waals surface area contributed by atoms with Gasteiger partial charge in [0, 0.05) is 6.04 Å². The minimum absolute atomic E-state index is 0.0577. The molecule has 1 aromatic rings. The van der Waals surface area contributed by atoms with Crippen molar-refractivity contribution in [2.45, 2.75) is 19.9 Å². The van der Waals surface area contributed by atoms with Crippen LogP contribution in [0.1, 0.15) is 13.8 Å². The number of nitrogens with one attached hydrogen (secondary N) is 1. The largest absolute Gasteiger partial charge is 0.359 e. The molecule has 1 amide bonds. The second-order valence-corrected chi connectivity index (χ2v) is 3.47. The van der Waals surface area contributed by atoms with Gasteiger partial charge in [-0.2, -0.15) is 0 Å². The number of aromatic nitrogens is 2. The maximum atomic E-state index is 11.6. The van der Waals surface area contributed by atoms with E-state index in [0.29, 0.717) is 6.54 Å². The molecule has 1 aliphatic rings. The predicted molar refractivity (Wildman–Crippen MR) is 53.1 cm³/mol. The third-order valence-electron chi connectivity index (χ3n) is 2.14. The van der Waals surface area contributed by atoms with Gasteiger partial charge in [-0.1, -0.05) is 0 Å². The summed E-state index contributed by atoms with van der Waals surface area (Å²) in [6.45, 7) is 4.25. The second kappa shape index (κ2) is 3.25. The molecule has 0 bridgehead atoms. The number of nitrogens with zero attached hydrogens (tertiary/aromatic N) is 3. The van der Waals surface area contributed by atoms with E-state index in [2.05, 4.69) is 15.3 Å². The Kier molecular flexibility index (Phi) is 2.07. The average molecular weight is 192 g/mol. The van der Waals surface area contributed by atoms with Crippen LogP contribution in [0.3, 0.4) is 0 Å². The fourth-order valence-electron chi connectivity index (χ4n) is 1.58. The van der Waals surface area contributed by atoms with Crippen molar-refractivity contribution >= 4 is 17.4 Å². The number of hydrogen-bond donors (Lipinski definition) is 1. The Morgan fingerprint density at radius 1 is 1.57 bits per heavy atom. The van der Waals surface area contributed by atoms with E-state index in [1.807, 2.05) is 13.8 Å². The summed E-state index contributed by atoms with van der Waals surface area (Å²) in [6.07, 6.45) is 3.13. The van der Waals surface area contributed by atoms with Gasteiger partial charge in [0.1, 0.15) is 12.0 Å². The van der Waals surface area contributed by atoms with Crippen LogP contribution in [0.4, 0.5) is 11.5 Å². The van der Waals surface area contributed by atoms with E-state index in [0.717, 1.165) is 11.5 Å². The van der Waals surface area contributed by atoms with Crippen LogP contribution >= 0.6 is 0 Å². The third-order valence-corrected chi connectivity index (χ3v) is 2.14. The van der Waals surface area contributed by atoms with Crippen LogP contribution in [0.2, 0.25) is 0 Å². The van der Waals surface area contributed by atoms with Crippen molar-refractivity contribution in [2.75, 3.05) is 16.8 Å². The Morgan fingerprint density at radius 3 is 3.07 bits per heavy atom. The lowest BCUT2D eigenvalue weighted by Crippen LogP contribution is -2.44. The van der Waals surface area contributed by atoms with Gasteiger partial charge in [-0.25, -0.2) is 9.97 Å². The topological polar surface area (TPSA) is 58.1 Å². The van der Waals surface area contributed by atoms with Crippen LogP contribution in [0.15, 0.2) is 12.5 Å². The normalized spacial score (nSPS) is 15.4. The van der Waals surface area contributed by atoms with E-state index in [4.69, 9.17) is 0 Å². The average Bonchev–Trinajstić information content (AvgIpc) is 2.17. The van der Waals surface area contributed by atoms with Gasteiger partial charge in [-0.3, -0.25) is 4.79 Å². The summed E-state index contributed by atoms with van der Waals surface area (Å²) < 4.78 is 0. The molecule has 14 heavy (non-hydrogen) atoms. The quantitative estimate of drug-likeness (QED) is 0.709. The number of anilines is 2. The first-order valence-electron chi connectivity index (χ1n) is 4.56. The summed E-state index contributed by atoms with van der Waals surface area (Å²) in [5.74, 6) is 0.788. The highest BCUT2D eigenvalue weighted by atomic mass is 16.2. The summed E-state index contributed by atoms with van der Waals surface area (Å²) >= 11 is 0. The Bertz CT molecular complexity index is 364. The zero-order valence-electron chi connectivity index (χ0n) is 8.19. The summed E-state index contributed by atoms with van der Waals surface area (Å²) in [4.78, 5) is 21.3. The first-order chi connectivity index (χ1) is 6.70. The first-order valence-corrected chi connectivity index (χ1v) is 4.56. The van der Waals surface area contributed by atoms with Crippen LogP contribution < -0.4 is 10.2 Å². The molecule has 5 heteroatoms.